The third-order valence-electron chi connectivity index (χ3n) is 2.95. The van der Waals surface area contributed by atoms with Crippen molar-refractivity contribution in [2.75, 3.05) is 0 Å². The fourth-order valence-electron chi connectivity index (χ4n) is 1.85. The van der Waals surface area contributed by atoms with Gasteiger partial charge < -0.3 is 11.1 Å². The second-order valence-corrected chi connectivity index (χ2v) is 5.75. The van der Waals surface area contributed by atoms with Gasteiger partial charge in [-0.25, -0.2) is 0 Å². The first kappa shape index (κ1) is 13.0. The summed E-state index contributed by atoms with van der Waals surface area (Å²) >= 11 is 3.41. The monoisotopic (exact) mass is 276 g/mol. The van der Waals surface area contributed by atoms with Crippen molar-refractivity contribution in [2.45, 2.75) is 56.4 Å². The van der Waals surface area contributed by atoms with Gasteiger partial charge in [0.05, 0.1) is 4.83 Å². The predicted octanol–water partition coefficient (Wildman–Crippen LogP) is 1.79. The van der Waals surface area contributed by atoms with Gasteiger partial charge in [0.2, 0.25) is 5.91 Å². The molecular formula is C11H21BrN2O. The summed E-state index contributed by atoms with van der Waals surface area (Å²) < 4.78 is 0. The van der Waals surface area contributed by atoms with Gasteiger partial charge in [-0.1, -0.05) is 29.8 Å². The molecule has 88 valence electrons. The molecule has 1 aliphatic carbocycles. The number of rotatable bonds is 3. The average Bonchev–Trinajstić information content (AvgIpc) is 2.20. The molecule has 3 nitrogen and oxygen atoms in total. The van der Waals surface area contributed by atoms with Gasteiger partial charge in [-0.15, -0.1) is 0 Å². The van der Waals surface area contributed by atoms with Crippen molar-refractivity contribution in [2.24, 2.45) is 11.7 Å². The zero-order chi connectivity index (χ0) is 11.4. The van der Waals surface area contributed by atoms with E-state index in [1.807, 2.05) is 13.8 Å². The van der Waals surface area contributed by atoms with Crippen LogP contribution in [0.15, 0.2) is 0 Å². The van der Waals surface area contributed by atoms with Crippen molar-refractivity contribution in [1.29, 1.82) is 0 Å². The van der Waals surface area contributed by atoms with Gasteiger partial charge in [0.25, 0.3) is 0 Å². The van der Waals surface area contributed by atoms with Crippen LogP contribution in [0.5, 0.6) is 0 Å². The molecule has 0 aromatic carbocycles. The normalized spacial score (nSPS) is 28.9. The highest BCUT2D eigenvalue weighted by atomic mass is 79.9. The predicted molar refractivity (Wildman–Crippen MR) is 65.9 cm³/mol. The van der Waals surface area contributed by atoms with Gasteiger partial charge in [0.1, 0.15) is 0 Å². The molecule has 1 saturated carbocycles. The average molecular weight is 277 g/mol. The van der Waals surface area contributed by atoms with Crippen LogP contribution in [0.25, 0.3) is 0 Å². The van der Waals surface area contributed by atoms with Crippen molar-refractivity contribution in [3.8, 4) is 0 Å². The topological polar surface area (TPSA) is 55.1 Å². The van der Waals surface area contributed by atoms with E-state index in [-0.39, 0.29) is 10.7 Å². The lowest BCUT2D eigenvalue weighted by molar-refractivity contribution is -0.122. The Morgan fingerprint density at radius 2 is 1.87 bits per heavy atom. The Labute approximate surface area is 100 Å². The minimum absolute atomic E-state index is 0.0758. The van der Waals surface area contributed by atoms with E-state index in [2.05, 4.69) is 21.2 Å². The Balaban J connectivity index is 2.32. The van der Waals surface area contributed by atoms with Gasteiger partial charge >= 0.3 is 0 Å². The summed E-state index contributed by atoms with van der Waals surface area (Å²) in [5, 5.41) is 3.08. The number of amides is 1. The van der Waals surface area contributed by atoms with Crippen molar-refractivity contribution in [3.05, 3.63) is 0 Å². The SMILES string of the molecule is CC(C)C(Br)C(=O)NC1CCC(N)CC1. The molecule has 1 amide bonds. The Morgan fingerprint density at radius 1 is 1.33 bits per heavy atom. The maximum atomic E-state index is 11.7. The van der Waals surface area contributed by atoms with Gasteiger partial charge in [0, 0.05) is 12.1 Å². The van der Waals surface area contributed by atoms with Crippen LogP contribution in [-0.4, -0.2) is 22.8 Å². The third-order valence-corrected chi connectivity index (χ3v) is 4.43. The fourth-order valence-corrected chi connectivity index (χ4v) is 1.98. The Hall–Kier alpha value is -0.0900. The van der Waals surface area contributed by atoms with E-state index < -0.39 is 0 Å². The van der Waals surface area contributed by atoms with Crippen LogP contribution in [0.2, 0.25) is 0 Å². The molecule has 0 saturated heterocycles. The van der Waals surface area contributed by atoms with E-state index in [1.165, 1.54) is 0 Å². The van der Waals surface area contributed by atoms with Gasteiger partial charge in [-0.2, -0.15) is 0 Å². The lowest BCUT2D eigenvalue weighted by Crippen LogP contribution is -2.44. The van der Waals surface area contributed by atoms with Crippen molar-refractivity contribution >= 4 is 21.8 Å². The molecular weight excluding hydrogens is 256 g/mol. The molecule has 1 aliphatic rings. The highest BCUT2D eigenvalue weighted by molar-refractivity contribution is 9.10. The first-order valence-electron chi connectivity index (χ1n) is 5.70. The number of nitrogens with one attached hydrogen (secondary N) is 1. The summed E-state index contributed by atoms with van der Waals surface area (Å²) in [6, 6.07) is 0.666. The van der Waals surface area contributed by atoms with Crippen molar-refractivity contribution in [3.63, 3.8) is 0 Å². The van der Waals surface area contributed by atoms with E-state index in [9.17, 15) is 4.79 Å². The van der Waals surface area contributed by atoms with Gasteiger partial charge in [-0.05, 0) is 31.6 Å². The second-order valence-electron chi connectivity index (χ2n) is 4.77. The molecule has 0 heterocycles. The molecule has 3 N–H and O–H groups in total. The molecule has 0 spiro atoms. The Kier molecular flexibility index (Phi) is 5.06. The van der Waals surface area contributed by atoms with Crippen LogP contribution in [0.4, 0.5) is 0 Å². The largest absolute Gasteiger partial charge is 0.352 e. The van der Waals surface area contributed by atoms with Gasteiger partial charge in [0.15, 0.2) is 0 Å². The number of nitrogens with two attached hydrogens (primary N) is 1. The number of carbonyl (C=O) groups is 1. The highest BCUT2D eigenvalue weighted by Crippen LogP contribution is 2.18. The van der Waals surface area contributed by atoms with Gasteiger partial charge in [-0.3, -0.25) is 4.79 Å². The summed E-state index contributed by atoms with van der Waals surface area (Å²) in [6.45, 7) is 4.07. The van der Waals surface area contributed by atoms with Crippen LogP contribution in [0.1, 0.15) is 39.5 Å². The summed E-state index contributed by atoms with van der Waals surface area (Å²) in [5.74, 6) is 0.446. The number of hydrogen-bond acceptors (Lipinski definition) is 2. The molecule has 0 aliphatic heterocycles. The summed E-state index contributed by atoms with van der Waals surface area (Å²) in [6.07, 6.45) is 4.09. The van der Waals surface area contributed by atoms with Crippen molar-refractivity contribution in [1.82, 2.24) is 5.32 Å². The third kappa shape index (κ3) is 4.11. The summed E-state index contributed by atoms with van der Waals surface area (Å²) in [4.78, 5) is 11.7. The minimum atomic E-state index is -0.0758. The van der Waals surface area contributed by atoms with E-state index in [0.29, 0.717) is 18.0 Å². The molecule has 0 aromatic heterocycles. The highest BCUT2D eigenvalue weighted by Gasteiger charge is 2.24. The number of hydrogen-bond donors (Lipinski definition) is 2. The van der Waals surface area contributed by atoms with E-state index in [4.69, 9.17) is 5.73 Å². The molecule has 4 heteroatoms. The van der Waals surface area contributed by atoms with E-state index in [0.717, 1.165) is 25.7 Å². The van der Waals surface area contributed by atoms with Crippen LogP contribution < -0.4 is 11.1 Å². The van der Waals surface area contributed by atoms with Crippen LogP contribution >= 0.6 is 15.9 Å². The zero-order valence-corrected chi connectivity index (χ0v) is 11.1. The molecule has 0 radical (unpaired) electrons. The smallest absolute Gasteiger partial charge is 0.234 e. The molecule has 1 fully saturated rings. The fraction of sp³-hybridized carbons (Fsp3) is 0.909. The zero-order valence-electron chi connectivity index (χ0n) is 9.50. The first-order valence-corrected chi connectivity index (χ1v) is 6.62. The molecule has 1 atom stereocenters. The molecule has 1 rings (SSSR count). The Morgan fingerprint density at radius 3 is 2.33 bits per heavy atom. The maximum absolute atomic E-state index is 11.7. The lowest BCUT2D eigenvalue weighted by Gasteiger charge is -2.28. The van der Waals surface area contributed by atoms with E-state index in [1.54, 1.807) is 0 Å². The van der Waals surface area contributed by atoms with Crippen LogP contribution in [-0.2, 0) is 4.79 Å². The molecule has 0 bridgehead atoms. The quantitative estimate of drug-likeness (QED) is 0.773. The van der Waals surface area contributed by atoms with Crippen molar-refractivity contribution < 1.29 is 4.79 Å². The maximum Gasteiger partial charge on any atom is 0.234 e. The number of alkyl halides is 1. The standard InChI is InChI=1S/C11H21BrN2O/c1-7(2)10(12)11(15)14-9-5-3-8(13)4-6-9/h7-10H,3-6,13H2,1-2H3,(H,14,15). The lowest BCUT2D eigenvalue weighted by atomic mass is 9.91. The number of halogens is 1. The molecule has 15 heavy (non-hydrogen) atoms. The molecule has 0 aromatic rings. The summed E-state index contributed by atoms with van der Waals surface area (Å²) in [7, 11) is 0. The van der Waals surface area contributed by atoms with E-state index >= 15 is 0 Å². The Bertz CT molecular complexity index is 213. The minimum Gasteiger partial charge on any atom is -0.352 e. The number of carbonyl (C=O) groups excluding carboxylic acids is 1. The second kappa shape index (κ2) is 5.85. The van der Waals surface area contributed by atoms with Crippen LogP contribution in [0.3, 0.4) is 0 Å². The van der Waals surface area contributed by atoms with Crippen LogP contribution in [0, 0.1) is 5.92 Å². The first-order chi connectivity index (χ1) is 7.00. The summed E-state index contributed by atoms with van der Waals surface area (Å²) in [5.41, 5.74) is 5.81. The molecule has 1 unspecified atom stereocenters.